The van der Waals surface area contributed by atoms with Crippen molar-refractivity contribution in [1.29, 1.82) is 0 Å². The molecule has 1 amide bonds. The van der Waals surface area contributed by atoms with E-state index in [4.69, 9.17) is 0 Å². The van der Waals surface area contributed by atoms with Crippen LogP contribution in [0.5, 0.6) is 0 Å². The molecule has 1 aromatic rings. The van der Waals surface area contributed by atoms with E-state index in [2.05, 4.69) is 27.3 Å². The van der Waals surface area contributed by atoms with Gasteiger partial charge < -0.3 is 5.32 Å². The first-order chi connectivity index (χ1) is 7.04. The van der Waals surface area contributed by atoms with Gasteiger partial charge in [0.25, 0.3) is 0 Å². The molecule has 1 atom stereocenters. The van der Waals surface area contributed by atoms with Gasteiger partial charge in [0.2, 0.25) is 5.91 Å². The van der Waals surface area contributed by atoms with Gasteiger partial charge in [-0.3, -0.25) is 4.79 Å². The number of halogens is 1. The maximum atomic E-state index is 11.6. The van der Waals surface area contributed by atoms with E-state index in [0.717, 1.165) is 17.7 Å². The van der Waals surface area contributed by atoms with E-state index < -0.39 is 0 Å². The lowest BCUT2D eigenvalue weighted by atomic mass is 10.1. The van der Waals surface area contributed by atoms with Crippen molar-refractivity contribution in [1.82, 2.24) is 0 Å². The maximum Gasteiger partial charge on any atom is 0.238 e. The Hall–Kier alpha value is -0.830. The highest BCUT2D eigenvalue weighted by atomic mass is 79.9. The molecule has 1 N–H and O–H groups in total. The molecule has 0 aliphatic heterocycles. The summed E-state index contributed by atoms with van der Waals surface area (Å²) >= 11 is 3.33. The molecule has 1 rings (SSSR count). The Morgan fingerprint density at radius 1 is 1.47 bits per heavy atom. The van der Waals surface area contributed by atoms with Crippen LogP contribution in [0.2, 0.25) is 0 Å². The summed E-state index contributed by atoms with van der Waals surface area (Å²) in [4.78, 5) is 11.5. The van der Waals surface area contributed by atoms with Crippen molar-refractivity contribution in [3.05, 3.63) is 29.3 Å². The zero-order valence-corrected chi connectivity index (χ0v) is 10.9. The number of hydrogen-bond donors (Lipinski definition) is 1. The van der Waals surface area contributed by atoms with Crippen molar-refractivity contribution in [3.63, 3.8) is 0 Å². The van der Waals surface area contributed by atoms with Crippen molar-refractivity contribution in [2.75, 3.05) is 5.32 Å². The monoisotopic (exact) mass is 269 g/mol. The summed E-state index contributed by atoms with van der Waals surface area (Å²) < 4.78 is 0. The molecule has 0 heterocycles. The Morgan fingerprint density at radius 3 is 2.67 bits per heavy atom. The highest BCUT2D eigenvalue weighted by Gasteiger charge is 2.12. The fourth-order valence-electron chi connectivity index (χ4n) is 1.35. The van der Waals surface area contributed by atoms with Crippen LogP contribution in [-0.2, 0) is 4.79 Å². The quantitative estimate of drug-likeness (QED) is 0.838. The van der Waals surface area contributed by atoms with Gasteiger partial charge in [0.15, 0.2) is 0 Å². The molecule has 1 unspecified atom stereocenters. The van der Waals surface area contributed by atoms with Gasteiger partial charge in [0.05, 0.1) is 4.83 Å². The summed E-state index contributed by atoms with van der Waals surface area (Å²) in [7, 11) is 0. The molecule has 0 radical (unpaired) electrons. The van der Waals surface area contributed by atoms with Crippen LogP contribution < -0.4 is 5.32 Å². The van der Waals surface area contributed by atoms with E-state index in [-0.39, 0.29) is 10.7 Å². The molecular formula is C12H16BrNO. The second-order valence-electron chi connectivity index (χ2n) is 3.68. The smallest absolute Gasteiger partial charge is 0.238 e. The van der Waals surface area contributed by atoms with Crippen LogP contribution in [0.15, 0.2) is 18.2 Å². The molecule has 0 bridgehead atoms. The highest BCUT2D eigenvalue weighted by molar-refractivity contribution is 9.10. The van der Waals surface area contributed by atoms with Crippen molar-refractivity contribution < 1.29 is 4.79 Å². The first kappa shape index (κ1) is 12.2. The van der Waals surface area contributed by atoms with Crippen molar-refractivity contribution >= 4 is 27.5 Å². The number of alkyl halides is 1. The third-order valence-electron chi connectivity index (χ3n) is 2.28. The zero-order chi connectivity index (χ0) is 11.4. The molecule has 0 fully saturated rings. The zero-order valence-electron chi connectivity index (χ0n) is 9.30. The van der Waals surface area contributed by atoms with Gasteiger partial charge in [-0.05, 0) is 31.9 Å². The van der Waals surface area contributed by atoms with E-state index in [9.17, 15) is 4.79 Å². The van der Waals surface area contributed by atoms with E-state index in [1.165, 1.54) is 5.56 Å². The molecule has 0 spiro atoms. The lowest BCUT2D eigenvalue weighted by Crippen LogP contribution is -2.22. The molecule has 2 nitrogen and oxygen atoms in total. The summed E-state index contributed by atoms with van der Waals surface area (Å²) in [6, 6.07) is 6.00. The van der Waals surface area contributed by atoms with E-state index in [0.29, 0.717) is 0 Å². The predicted octanol–water partition coefficient (Wildman–Crippen LogP) is 3.42. The Morgan fingerprint density at radius 2 is 2.13 bits per heavy atom. The number of rotatable bonds is 3. The fraction of sp³-hybridized carbons (Fsp3) is 0.417. The van der Waals surface area contributed by atoms with Crippen LogP contribution in [0.25, 0.3) is 0 Å². The Labute approximate surface area is 99.2 Å². The number of aryl methyl sites for hydroxylation is 2. The standard InChI is InChI=1S/C12H16BrNO/c1-4-10(13)12(15)14-11-6-5-8(2)7-9(11)3/h5-7,10H,4H2,1-3H3,(H,14,15). The second-order valence-corrected chi connectivity index (χ2v) is 4.79. The van der Waals surface area contributed by atoms with Crippen LogP contribution in [0, 0.1) is 13.8 Å². The summed E-state index contributed by atoms with van der Waals surface area (Å²) in [5.74, 6) is 0.0180. The summed E-state index contributed by atoms with van der Waals surface area (Å²) in [5, 5.41) is 2.90. The van der Waals surface area contributed by atoms with Crippen molar-refractivity contribution in [2.45, 2.75) is 32.0 Å². The minimum Gasteiger partial charge on any atom is -0.325 e. The summed E-state index contributed by atoms with van der Waals surface area (Å²) in [6.07, 6.45) is 0.788. The molecular weight excluding hydrogens is 254 g/mol. The number of benzene rings is 1. The molecule has 0 saturated carbocycles. The van der Waals surface area contributed by atoms with E-state index in [1.807, 2.05) is 32.9 Å². The molecule has 0 aliphatic carbocycles. The lowest BCUT2D eigenvalue weighted by molar-refractivity contribution is -0.115. The molecule has 3 heteroatoms. The topological polar surface area (TPSA) is 29.1 Å². The van der Waals surface area contributed by atoms with Crippen LogP contribution in [0.4, 0.5) is 5.69 Å². The van der Waals surface area contributed by atoms with Crippen LogP contribution in [0.3, 0.4) is 0 Å². The Kier molecular flexibility index (Phi) is 4.33. The molecule has 0 aliphatic rings. The number of carbonyl (C=O) groups is 1. The van der Waals surface area contributed by atoms with Crippen LogP contribution in [-0.4, -0.2) is 10.7 Å². The van der Waals surface area contributed by atoms with Gasteiger partial charge >= 0.3 is 0 Å². The molecule has 82 valence electrons. The maximum absolute atomic E-state index is 11.6. The van der Waals surface area contributed by atoms with Crippen LogP contribution >= 0.6 is 15.9 Å². The average Bonchev–Trinajstić information content (AvgIpc) is 2.20. The largest absolute Gasteiger partial charge is 0.325 e. The SMILES string of the molecule is CCC(Br)C(=O)Nc1ccc(C)cc1C. The summed E-state index contributed by atoms with van der Waals surface area (Å²) in [5.41, 5.74) is 3.19. The molecule has 15 heavy (non-hydrogen) atoms. The third kappa shape index (κ3) is 3.34. The van der Waals surface area contributed by atoms with Gasteiger partial charge in [-0.2, -0.15) is 0 Å². The molecule has 1 aromatic carbocycles. The third-order valence-corrected chi connectivity index (χ3v) is 3.35. The second kappa shape index (κ2) is 5.31. The highest BCUT2D eigenvalue weighted by Crippen LogP contribution is 2.17. The first-order valence-electron chi connectivity index (χ1n) is 5.06. The Bertz CT molecular complexity index is 363. The fourth-order valence-corrected chi connectivity index (χ4v) is 1.46. The van der Waals surface area contributed by atoms with Gasteiger partial charge in [-0.15, -0.1) is 0 Å². The number of carbonyl (C=O) groups excluding carboxylic acids is 1. The first-order valence-corrected chi connectivity index (χ1v) is 5.98. The molecule has 0 saturated heterocycles. The Balaban J connectivity index is 2.77. The van der Waals surface area contributed by atoms with Gasteiger partial charge in [0, 0.05) is 5.69 Å². The lowest BCUT2D eigenvalue weighted by Gasteiger charge is -2.11. The number of nitrogens with one attached hydrogen (secondary N) is 1. The minimum atomic E-state index is -0.113. The average molecular weight is 270 g/mol. The normalized spacial score (nSPS) is 12.3. The molecule has 0 aromatic heterocycles. The number of hydrogen-bond acceptors (Lipinski definition) is 1. The predicted molar refractivity (Wildman–Crippen MR) is 67.6 cm³/mol. The van der Waals surface area contributed by atoms with Crippen LogP contribution in [0.1, 0.15) is 24.5 Å². The van der Waals surface area contributed by atoms with Crippen molar-refractivity contribution in [3.8, 4) is 0 Å². The summed E-state index contributed by atoms with van der Waals surface area (Å²) in [6.45, 7) is 6.01. The van der Waals surface area contributed by atoms with Gasteiger partial charge in [-0.25, -0.2) is 0 Å². The number of amides is 1. The minimum absolute atomic E-state index is 0.0180. The van der Waals surface area contributed by atoms with Gasteiger partial charge in [0.1, 0.15) is 0 Å². The van der Waals surface area contributed by atoms with Gasteiger partial charge in [-0.1, -0.05) is 40.5 Å². The van der Waals surface area contributed by atoms with E-state index in [1.54, 1.807) is 0 Å². The van der Waals surface area contributed by atoms with Crippen molar-refractivity contribution in [2.24, 2.45) is 0 Å². The number of anilines is 1. The van der Waals surface area contributed by atoms with E-state index >= 15 is 0 Å².